The lowest BCUT2D eigenvalue weighted by Gasteiger charge is -2.38. The molecular weight excluding hydrogens is 504 g/mol. The van der Waals surface area contributed by atoms with Gasteiger partial charge >= 0.3 is 5.97 Å². The summed E-state index contributed by atoms with van der Waals surface area (Å²) in [7, 11) is -4.16. The molecule has 1 atom stereocenters. The number of aromatic nitrogens is 2. The predicted molar refractivity (Wildman–Crippen MR) is 144 cm³/mol. The van der Waals surface area contributed by atoms with Gasteiger partial charge in [-0.25, -0.2) is 22.9 Å². The average molecular weight is 537 g/mol. The van der Waals surface area contributed by atoms with E-state index < -0.39 is 16.0 Å². The number of sulfonamides is 1. The van der Waals surface area contributed by atoms with Gasteiger partial charge in [0.1, 0.15) is 6.10 Å². The maximum atomic E-state index is 13.2. The van der Waals surface area contributed by atoms with Gasteiger partial charge in [0.15, 0.2) is 0 Å². The van der Waals surface area contributed by atoms with Crippen molar-refractivity contribution in [3.63, 3.8) is 0 Å². The first-order chi connectivity index (χ1) is 18.1. The summed E-state index contributed by atoms with van der Waals surface area (Å²) in [6.45, 7) is 5.63. The summed E-state index contributed by atoms with van der Waals surface area (Å²) < 4.78 is 35.2. The molecule has 0 bridgehead atoms. The SMILES string of the molecule is Cc1cccc(C)c1-c1cc(OC2CNCC3(CCCC3)C2)nc(NS(=O)(=O)c2cccc(C(=O)O)c2)n1. The average Bonchev–Trinajstić information content (AvgIpc) is 3.31. The van der Waals surface area contributed by atoms with Crippen LogP contribution in [0.25, 0.3) is 11.3 Å². The van der Waals surface area contributed by atoms with Crippen molar-refractivity contribution in [3.8, 4) is 17.1 Å². The lowest BCUT2D eigenvalue weighted by Crippen LogP contribution is -2.47. The Hall–Kier alpha value is -3.50. The van der Waals surface area contributed by atoms with Crippen molar-refractivity contribution >= 4 is 21.9 Å². The topological polar surface area (TPSA) is 131 Å². The Balaban J connectivity index is 1.50. The van der Waals surface area contributed by atoms with E-state index in [0.717, 1.165) is 35.7 Å². The number of ether oxygens (including phenoxy) is 1. The van der Waals surface area contributed by atoms with E-state index in [1.165, 1.54) is 43.9 Å². The molecule has 10 heteroatoms. The zero-order valence-corrected chi connectivity index (χ0v) is 22.3. The highest BCUT2D eigenvalue weighted by Gasteiger charge is 2.39. The van der Waals surface area contributed by atoms with Crippen LogP contribution in [0.5, 0.6) is 5.88 Å². The summed E-state index contributed by atoms with van der Waals surface area (Å²) >= 11 is 0. The Bertz CT molecular complexity index is 1450. The van der Waals surface area contributed by atoms with Gasteiger partial charge in [-0.15, -0.1) is 0 Å². The summed E-state index contributed by atoms with van der Waals surface area (Å²) in [5, 5.41) is 12.8. The molecule has 2 aromatic carbocycles. The van der Waals surface area contributed by atoms with Crippen molar-refractivity contribution in [1.29, 1.82) is 0 Å². The number of nitrogens with zero attached hydrogens (tertiary/aromatic N) is 2. The highest BCUT2D eigenvalue weighted by molar-refractivity contribution is 7.92. The predicted octanol–water partition coefficient (Wildman–Crippen LogP) is 4.56. The zero-order valence-electron chi connectivity index (χ0n) is 21.5. The maximum absolute atomic E-state index is 13.2. The van der Waals surface area contributed by atoms with Crippen LogP contribution < -0.4 is 14.8 Å². The Kier molecular flexibility index (Phi) is 7.11. The Morgan fingerprint density at radius 1 is 1.08 bits per heavy atom. The van der Waals surface area contributed by atoms with E-state index in [9.17, 15) is 18.3 Å². The highest BCUT2D eigenvalue weighted by Crippen LogP contribution is 2.43. The number of aromatic carboxylic acids is 1. The number of rotatable bonds is 7. The fourth-order valence-electron chi connectivity index (χ4n) is 5.74. The molecule has 2 heterocycles. The van der Waals surface area contributed by atoms with Gasteiger partial charge in [0.2, 0.25) is 11.8 Å². The van der Waals surface area contributed by atoms with Crippen molar-refractivity contribution in [1.82, 2.24) is 15.3 Å². The normalized spacial score (nSPS) is 18.8. The number of hydrogen-bond donors (Lipinski definition) is 3. The summed E-state index contributed by atoms with van der Waals surface area (Å²) in [4.78, 5) is 20.1. The number of hydrogen-bond acceptors (Lipinski definition) is 7. The molecule has 38 heavy (non-hydrogen) atoms. The van der Waals surface area contributed by atoms with Crippen LogP contribution in [0.3, 0.4) is 0 Å². The maximum Gasteiger partial charge on any atom is 0.335 e. The van der Waals surface area contributed by atoms with Gasteiger partial charge in [-0.05, 0) is 67.9 Å². The van der Waals surface area contributed by atoms with Crippen LogP contribution in [-0.2, 0) is 10.0 Å². The second-order valence-electron chi connectivity index (χ2n) is 10.4. The van der Waals surface area contributed by atoms with Gasteiger partial charge in [0.05, 0.1) is 16.2 Å². The van der Waals surface area contributed by atoms with Crippen molar-refractivity contribution in [2.45, 2.75) is 57.0 Å². The van der Waals surface area contributed by atoms with Gasteiger partial charge in [0, 0.05) is 24.7 Å². The van der Waals surface area contributed by atoms with Crippen molar-refractivity contribution < 1.29 is 23.1 Å². The number of carboxylic acid groups (broad SMARTS) is 1. The van der Waals surface area contributed by atoms with Crippen molar-refractivity contribution in [3.05, 3.63) is 65.2 Å². The third-order valence-electron chi connectivity index (χ3n) is 7.54. The molecule has 1 spiro atoms. The smallest absolute Gasteiger partial charge is 0.335 e. The van der Waals surface area contributed by atoms with Crippen molar-refractivity contribution in [2.24, 2.45) is 5.41 Å². The molecule has 9 nitrogen and oxygen atoms in total. The quantitative estimate of drug-likeness (QED) is 0.401. The minimum absolute atomic E-state index is 0.0979. The Morgan fingerprint density at radius 2 is 1.79 bits per heavy atom. The number of piperidine rings is 1. The summed E-state index contributed by atoms with van der Waals surface area (Å²) in [5.41, 5.74) is 3.51. The van der Waals surface area contributed by atoms with Crippen LogP contribution in [0, 0.1) is 19.3 Å². The molecule has 2 aliphatic rings. The second-order valence-corrected chi connectivity index (χ2v) is 12.1. The fraction of sp³-hybridized carbons (Fsp3) is 0.393. The first kappa shape index (κ1) is 26.1. The van der Waals surface area contributed by atoms with Gasteiger partial charge in [-0.1, -0.05) is 37.1 Å². The van der Waals surface area contributed by atoms with E-state index in [1.54, 1.807) is 6.07 Å². The van der Waals surface area contributed by atoms with Gasteiger partial charge in [-0.3, -0.25) is 0 Å². The molecule has 3 N–H and O–H groups in total. The first-order valence-corrected chi connectivity index (χ1v) is 14.3. The number of carbonyl (C=O) groups is 1. The standard InChI is InChI=1S/C28H32N4O5S/c1-18-7-5-8-19(2)25(18)23-14-24(37-21-15-28(17-29-16-21)11-3-4-12-28)31-27(30-23)32-38(35,36)22-10-6-9-20(13-22)26(33)34/h5-10,13-14,21,29H,3-4,11-12,15-17H2,1-2H3,(H,33,34)(H,30,31,32). The molecule has 200 valence electrons. The van der Waals surface area contributed by atoms with Crippen LogP contribution in [0.4, 0.5) is 5.95 Å². The van der Waals surface area contributed by atoms with Gasteiger partial charge < -0.3 is 15.2 Å². The molecule has 1 aliphatic heterocycles. The highest BCUT2D eigenvalue weighted by atomic mass is 32.2. The zero-order chi connectivity index (χ0) is 26.9. The van der Waals surface area contributed by atoms with Crippen LogP contribution in [-0.4, -0.2) is 48.7 Å². The number of nitrogens with one attached hydrogen (secondary N) is 2. The largest absolute Gasteiger partial charge is 0.478 e. The molecule has 1 saturated heterocycles. The third kappa shape index (κ3) is 5.51. The van der Waals surface area contributed by atoms with Gasteiger partial charge in [-0.2, -0.15) is 4.98 Å². The number of carboxylic acids is 1. The van der Waals surface area contributed by atoms with E-state index in [4.69, 9.17) is 4.74 Å². The lowest BCUT2D eigenvalue weighted by molar-refractivity contribution is 0.0696. The molecule has 1 aromatic heterocycles. The van der Waals surface area contributed by atoms with Crippen molar-refractivity contribution in [2.75, 3.05) is 17.8 Å². The molecule has 1 saturated carbocycles. The van der Waals surface area contributed by atoms with Gasteiger partial charge in [0.25, 0.3) is 10.0 Å². The number of benzene rings is 2. The molecular formula is C28H32N4O5S. The van der Waals surface area contributed by atoms with Crippen LogP contribution in [0.1, 0.15) is 53.6 Å². The monoisotopic (exact) mass is 536 g/mol. The first-order valence-electron chi connectivity index (χ1n) is 12.8. The van der Waals surface area contributed by atoms with E-state index >= 15 is 0 Å². The summed E-state index contributed by atoms with van der Waals surface area (Å²) in [5.74, 6) is -1.07. The van der Waals surface area contributed by atoms with E-state index in [0.29, 0.717) is 12.2 Å². The third-order valence-corrected chi connectivity index (χ3v) is 8.87. The van der Waals surface area contributed by atoms with Crippen LogP contribution >= 0.6 is 0 Å². The molecule has 0 amide bonds. The molecule has 1 aliphatic carbocycles. The van der Waals surface area contributed by atoms with Crippen LogP contribution in [0.15, 0.2) is 53.4 Å². The second kappa shape index (κ2) is 10.3. The lowest BCUT2D eigenvalue weighted by atomic mass is 9.78. The minimum Gasteiger partial charge on any atom is -0.478 e. The molecule has 3 aromatic rings. The Morgan fingerprint density at radius 3 is 2.50 bits per heavy atom. The number of anilines is 1. The summed E-state index contributed by atoms with van der Waals surface area (Å²) in [6, 6.07) is 12.8. The molecule has 5 rings (SSSR count). The van der Waals surface area contributed by atoms with E-state index in [1.807, 2.05) is 32.0 Å². The summed E-state index contributed by atoms with van der Waals surface area (Å²) in [6.07, 6.45) is 5.64. The number of aryl methyl sites for hydroxylation is 2. The minimum atomic E-state index is -4.16. The van der Waals surface area contributed by atoms with E-state index in [-0.39, 0.29) is 33.8 Å². The molecule has 2 fully saturated rings. The fourth-order valence-corrected chi connectivity index (χ4v) is 6.73. The molecule has 1 unspecified atom stereocenters. The van der Waals surface area contributed by atoms with E-state index in [2.05, 4.69) is 20.0 Å². The van der Waals surface area contributed by atoms with Crippen LogP contribution in [0.2, 0.25) is 0 Å². The Labute approximate surface area is 222 Å². The molecule has 0 radical (unpaired) electrons.